The van der Waals surface area contributed by atoms with Crippen LogP contribution in [0.4, 0.5) is 4.79 Å². The Bertz CT molecular complexity index is 1020. The summed E-state index contributed by atoms with van der Waals surface area (Å²) in [5.41, 5.74) is -0.130. The van der Waals surface area contributed by atoms with Crippen molar-refractivity contribution in [2.24, 2.45) is 11.3 Å². The molecule has 36 heavy (non-hydrogen) atoms. The van der Waals surface area contributed by atoms with Crippen LogP contribution in [-0.2, 0) is 9.59 Å². The molecule has 0 radical (unpaired) electrons. The molecule has 1 aromatic carbocycles. The van der Waals surface area contributed by atoms with Crippen LogP contribution in [0.25, 0.3) is 0 Å². The summed E-state index contributed by atoms with van der Waals surface area (Å²) in [4.78, 5) is 56.3. The van der Waals surface area contributed by atoms with Crippen molar-refractivity contribution in [1.82, 2.24) is 20.0 Å². The Morgan fingerprint density at radius 2 is 1.72 bits per heavy atom. The lowest BCUT2D eigenvalue weighted by molar-refractivity contribution is -0.140. The van der Waals surface area contributed by atoms with Gasteiger partial charge in [-0.05, 0) is 55.2 Å². The van der Waals surface area contributed by atoms with Gasteiger partial charge in [0.2, 0.25) is 5.91 Å². The van der Waals surface area contributed by atoms with Crippen molar-refractivity contribution >= 4 is 23.8 Å². The first-order valence-electron chi connectivity index (χ1n) is 13.0. The molecule has 9 heteroatoms. The minimum atomic E-state index is -0.875. The molecule has 1 aliphatic carbocycles. The molecular weight excluding hydrogens is 460 g/mol. The third-order valence-corrected chi connectivity index (χ3v) is 8.63. The SMILES string of the molecule is CCC(C)(C)C1CCC2(CC1)NC(=O)N(CC(=O)N1CCN(C(=O)c3cccc(OC)c3)CC1)C2=O. The summed E-state index contributed by atoms with van der Waals surface area (Å²) in [7, 11) is 1.55. The van der Waals surface area contributed by atoms with Crippen LogP contribution in [0.3, 0.4) is 0 Å². The smallest absolute Gasteiger partial charge is 0.325 e. The average Bonchev–Trinajstić information content (AvgIpc) is 3.12. The van der Waals surface area contributed by atoms with E-state index in [-0.39, 0.29) is 29.7 Å². The molecule has 1 N–H and O–H groups in total. The van der Waals surface area contributed by atoms with E-state index in [4.69, 9.17) is 4.74 Å². The molecule has 196 valence electrons. The van der Waals surface area contributed by atoms with Crippen LogP contribution in [-0.4, -0.2) is 83.8 Å². The Kier molecular flexibility index (Phi) is 7.29. The fraction of sp³-hybridized carbons (Fsp3) is 0.630. The summed E-state index contributed by atoms with van der Waals surface area (Å²) in [5, 5.41) is 2.92. The molecule has 3 fully saturated rings. The second-order valence-corrected chi connectivity index (χ2v) is 10.9. The van der Waals surface area contributed by atoms with Gasteiger partial charge in [0.15, 0.2) is 0 Å². The van der Waals surface area contributed by atoms with E-state index in [1.165, 1.54) is 0 Å². The summed E-state index contributed by atoms with van der Waals surface area (Å²) in [6, 6.07) is 6.52. The van der Waals surface area contributed by atoms with Crippen molar-refractivity contribution in [3.8, 4) is 5.75 Å². The maximum absolute atomic E-state index is 13.3. The van der Waals surface area contributed by atoms with E-state index in [0.717, 1.165) is 24.2 Å². The molecule has 1 spiro atoms. The number of benzene rings is 1. The largest absolute Gasteiger partial charge is 0.497 e. The predicted molar refractivity (Wildman–Crippen MR) is 134 cm³/mol. The number of nitrogens with zero attached hydrogens (tertiary/aromatic N) is 3. The number of amides is 5. The summed E-state index contributed by atoms with van der Waals surface area (Å²) in [6.45, 7) is 7.95. The summed E-state index contributed by atoms with van der Waals surface area (Å²) < 4.78 is 5.20. The minimum Gasteiger partial charge on any atom is -0.497 e. The zero-order valence-corrected chi connectivity index (χ0v) is 21.8. The van der Waals surface area contributed by atoms with Crippen molar-refractivity contribution in [3.05, 3.63) is 29.8 Å². The molecule has 5 amide bonds. The van der Waals surface area contributed by atoms with E-state index < -0.39 is 11.6 Å². The summed E-state index contributed by atoms with van der Waals surface area (Å²) in [5.74, 6) is 0.470. The maximum atomic E-state index is 13.3. The number of imide groups is 1. The lowest BCUT2D eigenvalue weighted by Gasteiger charge is -2.42. The lowest BCUT2D eigenvalue weighted by Crippen LogP contribution is -2.54. The Labute approximate surface area is 213 Å². The normalized spacial score (nSPS) is 24.8. The van der Waals surface area contributed by atoms with Crippen LogP contribution in [0.2, 0.25) is 0 Å². The molecule has 4 rings (SSSR count). The lowest BCUT2D eigenvalue weighted by atomic mass is 9.65. The van der Waals surface area contributed by atoms with Gasteiger partial charge in [0, 0.05) is 31.7 Å². The zero-order chi connectivity index (χ0) is 26.1. The molecule has 2 saturated heterocycles. The summed E-state index contributed by atoms with van der Waals surface area (Å²) >= 11 is 0. The van der Waals surface area contributed by atoms with Gasteiger partial charge in [-0.1, -0.05) is 33.3 Å². The standard InChI is InChI=1S/C27H38N4O5/c1-5-26(2,3)20-9-11-27(12-10-20)24(34)31(25(35)28-27)18-22(32)29-13-15-30(16-14-29)23(33)19-7-6-8-21(17-19)36-4/h6-8,17,20H,5,9-16,18H2,1-4H3,(H,28,35). The highest BCUT2D eigenvalue weighted by Gasteiger charge is 2.54. The van der Waals surface area contributed by atoms with E-state index in [0.29, 0.717) is 56.3 Å². The van der Waals surface area contributed by atoms with E-state index >= 15 is 0 Å². The molecule has 0 bridgehead atoms. The van der Waals surface area contributed by atoms with Gasteiger partial charge in [0.05, 0.1) is 7.11 Å². The van der Waals surface area contributed by atoms with Crippen LogP contribution in [0, 0.1) is 11.3 Å². The van der Waals surface area contributed by atoms with Gasteiger partial charge < -0.3 is 19.9 Å². The minimum absolute atomic E-state index is 0.112. The summed E-state index contributed by atoms with van der Waals surface area (Å²) in [6.07, 6.45) is 4.07. The number of urea groups is 1. The Balaban J connectivity index is 1.31. The van der Waals surface area contributed by atoms with Crippen LogP contribution in [0.5, 0.6) is 5.75 Å². The van der Waals surface area contributed by atoms with E-state index in [2.05, 4.69) is 26.1 Å². The molecule has 2 aliphatic heterocycles. The first-order valence-corrected chi connectivity index (χ1v) is 13.0. The molecule has 2 heterocycles. The number of piperazine rings is 1. The maximum Gasteiger partial charge on any atom is 0.325 e. The number of hydrogen-bond acceptors (Lipinski definition) is 5. The number of methoxy groups -OCH3 is 1. The molecule has 9 nitrogen and oxygen atoms in total. The number of carbonyl (C=O) groups is 4. The predicted octanol–water partition coefficient (Wildman–Crippen LogP) is 2.90. The average molecular weight is 499 g/mol. The first kappa shape index (κ1) is 26.0. The van der Waals surface area contributed by atoms with Crippen LogP contribution >= 0.6 is 0 Å². The van der Waals surface area contributed by atoms with E-state index in [1.54, 1.807) is 41.2 Å². The fourth-order valence-corrected chi connectivity index (χ4v) is 5.67. The van der Waals surface area contributed by atoms with E-state index in [9.17, 15) is 19.2 Å². The molecule has 0 aromatic heterocycles. The third-order valence-electron chi connectivity index (χ3n) is 8.63. The topological polar surface area (TPSA) is 99.3 Å². The Hall–Kier alpha value is -3.10. The van der Waals surface area contributed by atoms with Gasteiger partial charge >= 0.3 is 6.03 Å². The zero-order valence-electron chi connectivity index (χ0n) is 21.8. The molecule has 1 aromatic rings. The number of hydrogen-bond donors (Lipinski definition) is 1. The van der Waals surface area contributed by atoms with Gasteiger partial charge in [-0.3, -0.25) is 19.3 Å². The van der Waals surface area contributed by atoms with Crippen molar-refractivity contribution in [2.45, 2.75) is 58.4 Å². The quantitative estimate of drug-likeness (QED) is 0.608. The van der Waals surface area contributed by atoms with Gasteiger partial charge in [0.1, 0.15) is 17.8 Å². The second-order valence-electron chi connectivity index (χ2n) is 10.9. The van der Waals surface area contributed by atoms with Gasteiger partial charge in [-0.25, -0.2) is 4.79 Å². The van der Waals surface area contributed by atoms with Gasteiger partial charge in [0.25, 0.3) is 11.8 Å². The molecule has 1 saturated carbocycles. The highest BCUT2D eigenvalue weighted by atomic mass is 16.5. The monoisotopic (exact) mass is 498 g/mol. The molecule has 3 aliphatic rings. The van der Waals surface area contributed by atoms with E-state index in [1.807, 2.05) is 0 Å². The third kappa shape index (κ3) is 4.92. The fourth-order valence-electron chi connectivity index (χ4n) is 5.67. The number of rotatable bonds is 6. The van der Waals surface area contributed by atoms with Crippen LogP contribution in [0.15, 0.2) is 24.3 Å². The highest BCUT2D eigenvalue weighted by molar-refractivity contribution is 6.09. The van der Waals surface area contributed by atoms with Crippen molar-refractivity contribution in [3.63, 3.8) is 0 Å². The van der Waals surface area contributed by atoms with Gasteiger partial charge in [-0.15, -0.1) is 0 Å². The number of nitrogens with one attached hydrogen (secondary N) is 1. The first-order chi connectivity index (χ1) is 17.1. The van der Waals surface area contributed by atoms with Crippen molar-refractivity contribution in [2.75, 3.05) is 39.8 Å². The Morgan fingerprint density at radius 3 is 2.33 bits per heavy atom. The molecule has 0 atom stereocenters. The number of carbonyl (C=O) groups excluding carboxylic acids is 4. The van der Waals surface area contributed by atoms with Crippen molar-refractivity contribution < 1.29 is 23.9 Å². The van der Waals surface area contributed by atoms with Gasteiger partial charge in [-0.2, -0.15) is 0 Å². The number of ether oxygens (including phenoxy) is 1. The molecule has 0 unspecified atom stereocenters. The highest BCUT2D eigenvalue weighted by Crippen LogP contribution is 2.45. The molecular formula is C27H38N4O5. The Morgan fingerprint density at radius 1 is 1.08 bits per heavy atom. The van der Waals surface area contributed by atoms with Crippen LogP contribution < -0.4 is 10.1 Å². The second kappa shape index (κ2) is 10.1. The van der Waals surface area contributed by atoms with Crippen LogP contribution in [0.1, 0.15) is 63.2 Å². The van der Waals surface area contributed by atoms with Crippen molar-refractivity contribution in [1.29, 1.82) is 0 Å².